The molecule has 0 bridgehead atoms. The number of aliphatic carboxylic acids is 1. The second-order valence-electron chi connectivity index (χ2n) is 6.93. The number of thiophene rings is 1. The molecule has 2 fully saturated rings. The Labute approximate surface area is 167 Å². The van der Waals surface area contributed by atoms with Crippen LogP contribution >= 0.6 is 22.7 Å². The van der Waals surface area contributed by atoms with Gasteiger partial charge in [-0.2, -0.15) is 24.5 Å². The Kier molecular flexibility index (Phi) is 6.06. The highest BCUT2D eigenvalue weighted by molar-refractivity contribution is 7.08. The van der Waals surface area contributed by atoms with Gasteiger partial charge in [0.1, 0.15) is 5.69 Å². The molecule has 0 radical (unpaired) electrons. The number of halogens is 3. The van der Waals surface area contributed by atoms with Gasteiger partial charge in [-0.05, 0) is 28.8 Å². The van der Waals surface area contributed by atoms with Crippen LogP contribution in [0.15, 0.2) is 27.7 Å². The normalized spacial score (nSPS) is 18.5. The van der Waals surface area contributed by atoms with Gasteiger partial charge < -0.3 is 10.0 Å². The van der Waals surface area contributed by atoms with E-state index in [0.717, 1.165) is 39.1 Å². The summed E-state index contributed by atoms with van der Waals surface area (Å²) in [5, 5.41) is 13.3. The van der Waals surface area contributed by atoms with Crippen molar-refractivity contribution in [2.75, 3.05) is 26.2 Å². The Morgan fingerprint density at radius 2 is 1.93 bits per heavy atom. The van der Waals surface area contributed by atoms with Gasteiger partial charge in [-0.3, -0.25) is 9.69 Å². The number of thiazole rings is 1. The molecule has 4 heterocycles. The number of carboxylic acids is 1. The minimum absolute atomic E-state index is 0.101. The summed E-state index contributed by atoms with van der Waals surface area (Å²) in [5.74, 6) is -2.66. The number of nitrogens with zero attached hydrogens (tertiary/aromatic N) is 3. The van der Waals surface area contributed by atoms with Gasteiger partial charge in [0.15, 0.2) is 0 Å². The van der Waals surface area contributed by atoms with Gasteiger partial charge in [0.2, 0.25) is 0 Å². The minimum Gasteiger partial charge on any atom is -0.475 e. The molecule has 0 atom stereocenters. The van der Waals surface area contributed by atoms with Gasteiger partial charge in [-0.1, -0.05) is 0 Å². The molecule has 0 aliphatic carbocycles. The average Bonchev–Trinajstić information content (AvgIpc) is 3.35. The van der Waals surface area contributed by atoms with Gasteiger partial charge in [-0.15, -0.1) is 11.3 Å². The quantitative estimate of drug-likeness (QED) is 0.805. The molecular weight excluding hydrogens is 415 g/mol. The van der Waals surface area contributed by atoms with E-state index in [1.807, 2.05) is 10.3 Å². The maximum Gasteiger partial charge on any atom is 0.490 e. The lowest BCUT2D eigenvalue weighted by Gasteiger charge is -2.48. The zero-order chi connectivity index (χ0) is 20.4. The number of carbonyl (C=O) groups is 2. The van der Waals surface area contributed by atoms with E-state index in [2.05, 4.69) is 26.7 Å². The SMILES string of the molecule is O=C(O)C(F)(F)F.O=C(c1cscn1)N1CCC2(CN(Cc3ccsc3)C2)C1. The molecule has 1 spiro atoms. The largest absolute Gasteiger partial charge is 0.490 e. The van der Waals surface area contributed by atoms with Crippen molar-refractivity contribution in [1.82, 2.24) is 14.8 Å². The summed E-state index contributed by atoms with van der Waals surface area (Å²) in [4.78, 5) is 29.8. The van der Waals surface area contributed by atoms with E-state index in [4.69, 9.17) is 9.90 Å². The molecule has 0 unspecified atom stereocenters. The van der Waals surface area contributed by atoms with Crippen molar-refractivity contribution in [3.63, 3.8) is 0 Å². The first-order valence-corrected chi connectivity index (χ1v) is 10.3. The predicted molar refractivity (Wildman–Crippen MR) is 98.4 cm³/mol. The van der Waals surface area contributed by atoms with Crippen molar-refractivity contribution in [2.45, 2.75) is 19.1 Å². The van der Waals surface area contributed by atoms with Gasteiger partial charge in [0.25, 0.3) is 5.91 Å². The first kappa shape index (κ1) is 20.7. The van der Waals surface area contributed by atoms with E-state index >= 15 is 0 Å². The molecule has 6 nitrogen and oxygen atoms in total. The fourth-order valence-corrected chi connectivity index (χ4v) is 4.69. The Hall–Kier alpha value is -1.98. The van der Waals surface area contributed by atoms with Gasteiger partial charge in [-0.25, -0.2) is 9.78 Å². The van der Waals surface area contributed by atoms with Crippen LogP contribution in [0.3, 0.4) is 0 Å². The average molecular weight is 433 g/mol. The molecule has 2 aliphatic heterocycles. The Bertz CT molecular complexity index is 803. The summed E-state index contributed by atoms with van der Waals surface area (Å²) in [6, 6.07) is 2.20. The third kappa shape index (κ3) is 4.89. The number of alkyl halides is 3. The Morgan fingerprint density at radius 3 is 2.46 bits per heavy atom. The molecule has 0 aromatic carbocycles. The summed E-state index contributed by atoms with van der Waals surface area (Å²) >= 11 is 3.24. The lowest BCUT2D eigenvalue weighted by molar-refractivity contribution is -0.192. The third-order valence-electron chi connectivity index (χ3n) is 4.72. The molecule has 11 heteroatoms. The predicted octanol–water partition coefficient (Wildman–Crippen LogP) is 3.19. The molecule has 2 aromatic rings. The molecule has 28 heavy (non-hydrogen) atoms. The van der Waals surface area contributed by atoms with Crippen LogP contribution in [0.1, 0.15) is 22.5 Å². The first-order chi connectivity index (χ1) is 13.2. The highest BCUT2D eigenvalue weighted by Crippen LogP contribution is 2.40. The smallest absolute Gasteiger partial charge is 0.475 e. The summed E-state index contributed by atoms with van der Waals surface area (Å²) in [6.45, 7) is 5.05. The standard InChI is InChI=1S/C15H17N3OS2.C2HF3O2/c19-14(13-7-21-11-16-13)18-3-2-15(10-18)8-17(9-15)5-12-1-4-20-6-12;3-2(4,5)1(6)7/h1,4,6-7,11H,2-3,5,8-10H2;(H,6,7). The summed E-state index contributed by atoms with van der Waals surface area (Å²) in [5.41, 5.74) is 4.07. The number of amides is 1. The topological polar surface area (TPSA) is 73.7 Å². The maximum absolute atomic E-state index is 12.3. The molecular formula is C17H18F3N3O3S2. The highest BCUT2D eigenvalue weighted by Gasteiger charge is 2.48. The van der Waals surface area contributed by atoms with Crippen molar-refractivity contribution in [2.24, 2.45) is 5.41 Å². The maximum atomic E-state index is 12.3. The van der Waals surface area contributed by atoms with Crippen LogP contribution in [0.5, 0.6) is 0 Å². The fourth-order valence-electron chi connectivity index (χ4n) is 3.50. The Morgan fingerprint density at radius 1 is 1.21 bits per heavy atom. The molecule has 1 N–H and O–H groups in total. The van der Waals surface area contributed by atoms with Crippen LogP contribution < -0.4 is 0 Å². The van der Waals surface area contributed by atoms with Crippen LogP contribution in [-0.4, -0.2) is 64.1 Å². The molecule has 4 rings (SSSR count). The molecule has 152 valence electrons. The van der Waals surface area contributed by atoms with E-state index in [9.17, 15) is 18.0 Å². The van der Waals surface area contributed by atoms with Crippen molar-refractivity contribution in [3.8, 4) is 0 Å². The second-order valence-corrected chi connectivity index (χ2v) is 8.43. The van der Waals surface area contributed by atoms with Crippen LogP contribution in [0.25, 0.3) is 0 Å². The van der Waals surface area contributed by atoms with Crippen LogP contribution in [0, 0.1) is 5.41 Å². The van der Waals surface area contributed by atoms with Gasteiger partial charge >= 0.3 is 12.1 Å². The number of hydrogen-bond donors (Lipinski definition) is 1. The van der Waals surface area contributed by atoms with Crippen molar-refractivity contribution in [1.29, 1.82) is 0 Å². The zero-order valence-electron chi connectivity index (χ0n) is 14.7. The number of aromatic nitrogens is 1. The zero-order valence-corrected chi connectivity index (χ0v) is 16.3. The number of rotatable bonds is 3. The lowest BCUT2D eigenvalue weighted by atomic mass is 9.79. The van der Waals surface area contributed by atoms with E-state index in [0.29, 0.717) is 11.1 Å². The first-order valence-electron chi connectivity index (χ1n) is 8.40. The van der Waals surface area contributed by atoms with Crippen LogP contribution in [0.4, 0.5) is 13.2 Å². The minimum atomic E-state index is -5.08. The monoisotopic (exact) mass is 433 g/mol. The van der Waals surface area contributed by atoms with E-state index in [1.54, 1.807) is 16.8 Å². The van der Waals surface area contributed by atoms with Crippen molar-refractivity contribution < 1.29 is 27.9 Å². The second kappa shape index (κ2) is 8.18. The van der Waals surface area contributed by atoms with E-state index in [-0.39, 0.29) is 5.91 Å². The number of carboxylic acid groups (broad SMARTS) is 1. The molecule has 2 aromatic heterocycles. The molecule has 2 aliphatic rings. The van der Waals surface area contributed by atoms with E-state index < -0.39 is 12.1 Å². The van der Waals surface area contributed by atoms with Gasteiger partial charge in [0.05, 0.1) is 5.51 Å². The van der Waals surface area contributed by atoms with E-state index in [1.165, 1.54) is 16.9 Å². The lowest BCUT2D eigenvalue weighted by Crippen LogP contribution is -2.57. The van der Waals surface area contributed by atoms with Crippen LogP contribution in [0.2, 0.25) is 0 Å². The third-order valence-corrected chi connectivity index (χ3v) is 6.04. The van der Waals surface area contributed by atoms with Gasteiger partial charge in [0, 0.05) is 43.5 Å². The summed E-state index contributed by atoms with van der Waals surface area (Å²) in [6.07, 6.45) is -3.96. The molecule has 0 saturated carbocycles. The summed E-state index contributed by atoms with van der Waals surface area (Å²) in [7, 11) is 0. The fraction of sp³-hybridized carbons (Fsp3) is 0.471. The Balaban J connectivity index is 0.000000279. The van der Waals surface area contributed by atoms with Crippen molar-refractivity contribution in [3.05, 3.63) is 39.0 Å². The molecule has 2 saturated heterocycles. The number of hydrogen-bond acceptors (Lipinski definition) is 6. The van der Waals surface area contributed by atoms with Crippen molar-refractivity contribution >= 4 is 34.6 Å². The summed E-state index contributed by atoms with van der Waals surface area (Å²) < 4.78 is 31.7. The molecule has 1 amide bonds. The van der Waals surface area contributed by atoms with Crippen LogP contribution in [-0.2, 0) is 11.3 Å². The number of likely N-dealkylation sites (tertiary alicyclic amines) is 2. The number of carbonyl (C=O) groups excluding carboxylic acids is 1. The highest BCUT2D eigenvalue weighted by atomic mass is 32.1.